The van der Waals surface area contributed by atoms with Gasteiger partial charge in [0, 0.05) is 5.56 Å². The summed E-state index contributed by atoms with van der Waals surface area (Å²) in [4.78, 5) is 10.4. The summed E-state index contributed by atoms with van der Waals surface area (Å²) in [7, 11) is -3.45. The lowest BCUT2D eigenvalue weighted by Gasteiger charge is -2.35. The first-order valence-corrected chi connectivity index (χ1v) is 13.7. The van der Waals surface area contributed by atoms with Crippen LogP contribution in [-0.2, 0) is 6.42 Å². The molecule has 110 valence electrons. The Morgan fingerprint density at radius 2 is 1.50 bits per heavy atom. The highest BCUT2D eigenvalue weighted by Crippen LogP contribution is 2.38. The van der Waals surface area contributed by atoms with Crippen LogP contribution in [0.4, 0.5) is 0 Å². The van der Waals surface area contributed by atoms with Gasteiger partial charge in [0.15, 0.2) is 8.32 Å². The maximum Gasteiger partial charge on any atom is 0.188 e. The maximum absolute atomic E-state index is 10.4. The van der Waals surface area contributed by atoms with Gasteiger partial charge in [0.25, 0.3) is 0 Å². The number of rotatable bonds is 3. The molecule has 1 nitrogen and oxygen atoms in total. The van der Waals surface area contributed by atoms with E-state index in [2.05, 4.69) is 69.2 Å². The highest BCUT2D eigenvalue weighted by molar-refractivity contribution is 6.83. The third-order valence-corrected chi connectivity index (χ3v) is 8.20. The van der Waals surface area contributed by atoms with Crippen LogP contribution in [0.5, 0.6) is 0 Å². The lowest BCUT2D eigenvalue weighted by molar-refractivity contribution is 0.467. The lowest BCUT2D eigenvalue weighted by Crippen LogP contribution is -2.40. The van der Waals surface area contributed by atoms with E-state index in [9.17, 15) is 4.80 Å². The van der Waals surface area contributed by atoms with Crippen LogP contribution >= 0.6 is 0 Å². The van der Waals surface area contributed by atoms with Crippen molar-refractivity contribution in [2.24, 2.45) is 0 Å². The minimum atomic E-state index is -2.14. The summed E-state index contributed by atoms with van der Waals surface area (Å²) in [5, 5.41) is -0.0154. The molecule has 0 aliphatic rings. The van der Waals surface area contributed by atoms with Gasteiger partial charge in [-0.2, -0.15) is 0 Å². The first-order chi connectivity index (χ1) is 8.91. The second-order valence-corrected chi connectivity index (χ2v) is 17.0. The summed E-state index contributed by atoms with van der Waals surface area (Å²) >= 11 is 0. The fourth-order valence-corrected chi connectivity index (χ4v) is 2.85. The van der Waals surface area contributed by atoms with Crippen molar-refractivity contribution in [2.75, 3.05) is 0 Å². The van der Waals surface area contributed by atoms with E-state index in [1.807, 2.05) is 13.1 Å². The number of benzene rings is 1. The van der Waals surface area contributed by atoms with Crippen molar-refractivity contribution in [2.45, 2.75) is 58.0 Å². The lowest BCUT2D eigenvalue weighted by atomic mass is 10.0. The molecular formula is C17H28OSi2. The Bertz CT molecular complexity index is 505. The Hall–Kier alpha value is -0.826. The fourth-order valence-electron chi connectivity index (χ4n) is 1.69. The molecular weight excluding hydrogens is 276 g/mol. The van der Waals surface area contributed by atoms with Gasteiger partial charge in [0.1, 0.15) is 8.07 Å². The van der Waals surface area contributed by atoms with Crippen molar-refractivity contribution in [3.05, 3.63) is 35.4 Å². The fraction of sp³-hybridized carbons (Fsp3) is 0.529. The van der Waals surface area contributed by atoms with E-state index in [1.54, 1.807) is 0 Å². The molecule has 0 aliphatic carbocycles. The van der Waals surface area contributed by atoms with Crippen LogP contribution in [0.15, 0.2) is 24.3 Å². The Balaban J connectivity index is 2.85. The SMILES string of the molecule is CC(C)(Cc1ccc(C#C[Si](C)(C)C)cc1)[Si](C)(C)O. The first kappa shape index (κ1) is 17.2. The predicted octanol–water partition coefficient (Wildman–Crippen LogP) is 4.44. The van der Waals surface area contributed by atoms with Crippen LogP contribution in [0.25, 0.3) is 0 Å². The van der Waals surface area contributed by atoms with Gasteiger partial charge >= 0.3 is 0 Å². The summed E-state index contributed by atoms with van der Waals surface area (Å²) in [5.74, 6) is 3.28. The molecule has 0 saturated carbocycles. The summed E-state index contributed by atoms with van der Waals surface area (Å²) in [5.41, 5.74) is 5.76. The number of hydrogen-bond acceptors (Lipinski definition) is 1. The van der Waals surface area contributed by atoms with Gasteiger partial charge in [-0.15, -0.1) is 5.54 Å². The van der Waals surface area contributed by atoms with Crippen LogP contribution in [0.3, 0.4) is 0 Å². The molecule has 3 heteroatoms. The van der Waals surface area contributed by atoms with E-state index in [0.717, 1.165) is 12.0 Å². The average Bonchev–Trinajstić information content (AvgIpc) is 2.25. The standard InChI is InChI=1S/C17H28OSi2/c1-17(2,20(6,7)18)14-16-10-8-15(9-11-16)12-13-19(3,4)5/h8-11,18H,14H2,1-7H3. The molecule has 0 heterocycles. The van der Waals surface area contributed by atoms with Gasteiger partial charge in [-0.05, 0) is 42.2 Å². The van der Waals surface area contributed by atoms with Gasteiger partial charge in [-0.1, -0.05) is 51.5 Å². The quantitative estimate of drug-likeness (QED) is 0.647. The topological polar surface area (TPSA) is 20.2 Å². The van der Waals surface area contributed by atoms with Crippen LogP contribution in [0.2, 0.25) is 37.8 Å². The van der Waals surface area contributed by atoms with Crippen LogP contribution < -0.4 is 0 Å². The zero-order valence-corrected chi connectivity index (χ0v) is 16.0. The van der Waals surface area contributed by atoms with E-state index in [-0.39, 0.29) is 5.04 Å². The largest absolute Gasteiger partial charge is 0.432 e. The summed E-state index contributed by atoms with van der Waals surface area (Å²) in [6, 6.07) is 8.50. The second-order valence-electron chi connectivity index (χ2n) is 7.82. The van der Waals surface area contributed by atoms with Gasteiger partial charge in [0.05, 0.1) is 0 Å². The van der Waals surface area contributed by atoms with E-state index >= 15 is 0 Å². The third-order valence-electron chi connectivity index (χ3n) is 3.84. The highest BCUT2D eigenvalue weighted by Gasteiger charge is 2.37. The molecule has 0 radical (unpaired) electrons. The summed E-state index contributed by atoms with van der Waals surface area (Å²) in [6.07, 6.45) is 0.921. The minimum Gasteiger partial charge on any atom is -0.432 e. The minimum absolute atomic E-state index is 0.0154. The predicted molar refractivity (Wildman–Crippen MR) is 94.1 cm³/mol. The molecule has 0 amide bonds. The van der Waals surface area contributed by atoms with Crippen molar-refractivity contribution in [1.82, 2.24) is 0 Å². The normalized spacial score (nSPS) is 12.8. The molecule has 0 aromatic heterocycles. The molecule has 0 atom stereocenters. The molecule has 0 bridgehead atoms. The van der Waals surface area contributed by atoms with Crippen LogP contribution in [0, 0.1) is 11.5 Å². The summed E-state index contributed by atoms with van der Waals surface area (Å²) in [6.45, 7) is 15.1. The van der Waals surface area contributed by atoms with Crippen molar-refractivity contribution in [3.63, 3.8) is 0 Å². The highest BCUT2D eigenvalue weighted by atomic mass is 28.4. The van der Waals surface area contributed by atoms with Crippen molar-refractivity contribution in [3.8, 4) is 11.5 Å². The van der Waals surface area contributed by atoms with E-state index in [0.29, 0.717) is 0 Å². The molecule has 0 spiro atoms. The number of hydrogen-bond donors (Lipinski definition) is 1. The van der Waals surface area contributed by atoms with Gasteiger partial charge in [-0.3, -0.25) is 0 Å². The molecule has 1 N–H and O–H groups in total. The zero-order chi connectivity index (χ0) is 15.6. The zero-order valence-electron chi connectivity index (χ0n) is 14.0. The molecule has 1 rings (SSSR count). The van der Waals surface area contributed by atoms with E-state index in [1.165, 1.54) is 5.56 Å². The van der Waals surface area contributed by atoms with Gasteiger partial charge < -0.3 is 4.80 Å². The third kappa shape index (κ3) is 5.28. The Morgan fingerprint density at radius 3 is 1.90 bits per heavy atom. The van der Waals surface area contributed by atoms with Crippen molar-refractivity contribution < 1.29 is 4.80 Å². The summed E-state index contributed by atoms with van der Waals surface area (Å²) < 4.78 is 0. The molecule has 0 aliphatic heterocycles. The molecule has 1 aromatic carbocycles. The molecule has 0 fully saturated rings. The maximum atomic E-state index is 10.4. The van der Waals surface area contributed by atoms with Gasteiger partial charge in [-0.25, -0.2) is 0 Å². The Morgan fingerprint density at radius 1 is 1.00 bits per heavy atom. The van der Waals surface area contributed by atoms with Crippen molar-refractivity contribution in [1.29, 1.82) is 0 Å². The molecule has 1 aromatic rings. The molecule has 20 heavy (non-hydrogen) atoms. The smallest absolute Gasteiger partial charge is 0.188 e. The Kier molecular flexibility index (Phi) is 5.07. The Labute approximate surface area is 126 Å². The average molecular weight is 305 g/mol. The first-order valence-electron chi connectivity index (χ1n) is 7.25. The molecule has 0 unspecified atom stereocenters. The van der Waals surface area contributed by atoms with E-state index < -0.39 is 16.4 Å². The monoisotopic (exact) mass is 304 g/mol. The van der Waals surface area contributed by atoms with E-state index in [4.69, 9.17) is 0 Å². The van der Waals surface area contributed by atoms with Gasteiger partial charge in [0.2, 0.25) is 0 Å². The molecule has 0 saturated heterocycles. The van der Waals surface area contributed by atoms with Crippen LogP contribution in [-0.4, -0.2) is 21.2 Å². The second kappa shape index (κ2) is 5.89. The van der Waals surface area contributed by atoms with Crippen LogP contribution in [0.1, 0.15) is 25.0 Å². The van der Waals surface area contributed by atoms with Crippen molar-refractivity contribution >= 4 is 16.4 Å².